The number of aliphatic carboxylic acids is 2. The largest absolute Gasteiger partial charge is 0.481 e. The van der Waals surface area contributed by atoms with Crippen LogP contribution in [0.15, 0.2) is 24.3 Å². The number of nitrogens with zero attached hydrogens (tertiary/aromatic N) is 3. The number of hydrogen-bond donors (Lipinski definition) is 6. The van der Waals surface area contributed by atoms with Crippen LogP contribution in [0, 0.1) is 0 Å². The van der Waals surface area contributed by atoms with Crippen molar-refractivity contribution in [2.24, 2.45) is 5.73 Å². The molecule has 0 aromatic heterocycles. The summed E-state index contributed by atoms with van der Waals surface area (Å²) in [6.07, 6.45) is 6.21. The van der Waals surface area contributed by atoms with Crippen molar-refractivity contribution >= 4 is 82.6 Å². The van der Waals surface area contributed by atoms with Gasteiger partial charge in [-0.1, -0.05) is 0 Å². The first-order valence-corrected chi connectivity index (χ1v) is 32.2. The molecule has 0 spiro atoms. The van der Waals surface area contributed by atoms with Crippen LogP contribution < -0.4 is 21.7 Å². The number of nitrogens with two attached hydrogens (primary N) is 1. The molecule has 3 aliphatic heterocycles. The fraction of sp³-hybridized carbons (Fsp3) is 0.710. The number of carbonyl (C=O) groups excluding carboxylic acids is 12. The summed E-state index contributed by atoms with van der Waals surface area (Å²) in [5.41, 5.74) is 5.55. The molecule has 0 aromatic carbocycles. The van der Waals surface area contributed by atoms with Crippen LogP contribution >= 0.6 is 0 Å². The summed E-state index contributed by atoms with van der Waals surface area (Å²) in [6, 6.07) is -1.55. The van der Waals surface area contributed by atoms with E-state index in [1.165, 1.54) is 24.3 Å². The second kappa shape index (κ2) is 58.5. The molecule has 36 nitrogen and oxygen atoms in total. The zero-order valence-corrected chi connectivity index (χ0v) is 56.1. The minimum absolute atomic E-state index is 0.0126. The Morgan fingerprint density at radius 3 is 1.16 bits per heavy atom. The molecule has 1 fully saturated rings. The van der Waals surface area contributed by atoms with E-state index < -0.39 is 71.3 Å². The fourth-order valence-corrected chi connectivity index (χ4v) is 7.91. The molecule has 0 aromatic rings. The highest BCUT2D eigenvalue weighted by Gasteiger charge is 2.33. The fourth-order valence-electron chi connectivity index (χ4n) is 7.91. The summed E-state index contributed by atoms with van der Waals surface area (Å²) in [5.74, 6) is -6.74. The smallest absolute Gasteiger partial charge is 0.335 e. The maximum absolute atomic E-state index is 12.5. The van der Waals surface area contributed by atoms with Gasteiger partial charge in [-0.2, -0.15) is 0 Å². The van der Waals surface area contributed by atoms with Crippen LogP contribution in [0.25, 0.3) is 0 Å². The molecule has 1 saturated heterocycles. The van der Waals surface area contributed by atoms with Crippen molar-refractivity contribution in [1.29, 1.82) is 0 Å². The maximum Gasteiger partial charge on any atom is 0.335 e. The van der Waals surface area contributed by atoms with Gasteiger partial charge in [0.05, 0.1) is 151 Å². The quantitative estimate of drug-likeness (QED) is 0.0281. The number of carboxylic acid groups (broad SMARTS) is 2. The number of imide groups is 3. The number of ketones is 2. The minimum Gasteiger partial charge on any atom is -0.481 e. The Balaban J connectivity index is 0.000000805. The van der Waals surface area contributed by atoms with E-state index in [2.05, 4.69) is 16.0 Å². The van der Waals surface area contributed by atoms with E-state index in [0.717, 1.165) is 9.80 Å². The van der Waals surface area contributed by atoms with Gasteiger partial charge in [0.1, 0.15) is 5.78 Å². The standard InChI is InChI=1S/C29H47N3O13.C22H31N3O11.C11H21NO5/c1-40-15-16-41-12-2-3-24(33)23(4-7-29(38)39)31-26(35)9-13-42-17-19-44-21-22-45-20-18-43-14-10-30-25(34)8-11-32-27(36)5-6-28(32)37;26-17(5-8-24-18(27)1-2-19(24)28)23-7-10-33-12-14-35-16-15-34-13-11-32-9-6-22(31)36-25-20(29)3-4-21(25)30;1-16-7-8-17-6-2-3-10(13)9(12)4-5-11(14)15/h5-6,23H,2-4,7-22H2,1H3,(H,30,34)(H,31,35)(H,38,39);1-2H,3-16H2,(H,23,26);9H,2-8,12H2,1H3,(H,14,15). The molecule has 3 heterocycles. The van der Waals surface area contributed by atoms with Crippen LogP contribution in [0.5, 0.6) is 0 Å². The number of methoxy groups -OCH3 is 2. The number of nitrogens with one attached hydrogen (secondary N) is 3. The Kier molecular flexibility index (Phi) is 52.9. The molecule has 0 aliphatic carbocycles. The predicted octanol–water partition coefficient (Wildman–Crippen LogP) is -2.09. The maximum atomic E-state index is 12.5. The number of ether oxygens (including phenoxy) is 12. The Bertz CT molecular complexity index is 2430. The number of carboxylic acids is 2. The lowest BCUT2D eigenvalue weighted by molar-refractivity contribution is -0.198. The minimum atomic E-state index is -1.05. The molecule has 556 valence electrons. The molecule has 0 bridgehead atoms. The summed E-state index contributed by atoms with van der Waals surface area (Å²) < 4.78 is 63.0. The predicted molar refractivity (Wildman–Crippen MR) is 337 cm³/mol. The van der Waals surface area contributed by atoms with Crippen LogP contribution in [-0.2, 0) is 129 Å². The van der Waals surface area contributed by atoms with Crippen molar-refractivity contribution in [1.82, 2.24) is 30.8 Å². The monoisotopic (exact) mass is 1410 g/mol. The Labute approximate surface area is 568 Å². The summed E-state index contributed by atoms with van der Waals surface area (Å²) >= 11 is 0. The van der Waals surface area contributed by atoms with Gasteiger partial charge in [0.25, 0.3) is 35.4 Å². The molecule has 2 unspecified atom stereocenters. The van der Waals surface area contributed by atoms with Gasteiger partial charge in [-0.3, -0.25) is 72.1 Å². The summed E-state index contributed by atoms with van der Waals surface area (Å²) in [4.78, 5) is 168. The lowest BCUT2D eigenvalue weighted by atomic mass is 10.0. The van der Waals surface area contributed by atoms with Gasteiger partial charge in [0.2, 0.25) is 17.7 Å². The Morgan fingerprint density at radius 2 is 0.765 bits per heavy atom. The topological polar surface area (TPSA) is 471 Å². The van der Waals surface area contributed by atoms with Gasteiger partial charge in [-0.25, -0.2) is 4.79 Å². The van der Waals surface area contributed by atoms with E-state index in [9.17, 15) is 67.1 Å². The molecule has 0 saturated carbocycles. The van der Waals surface area contributed by atoms with Crippen molar-refractivity contribution in [3.05, 3.63) is 24.3 Å². The molecule has 7 N–H and O–H groups in total. The number of Topliss-reactive ketones (excluding diaryl/α,β-unsaturated/α-hetero) is 2. The summed E-state index contributed by atoms with van der Waals surface area (Å²) in [7, 11) is 3.15. The first-order valence-electron chi connectivity index (χ1n) is 32.2. The van der Waals surface area contributed by atoms with Gasteiger partial charge in [0, 0.05) is 136 Å². The van der Waals surface area contributed by atoms with Crippen molar-refractivity contribution < 1.29 is 139 Å². The van der Waals surface area contributed by atoms with E-state index in [4.69, 9.17) is 77.6 Å². The molecular formula is C62H99N7O29. The zero-order chi connectivity index (χ0) is 72.4. The molecular weight excluding hydrogens is 1310 g/mol. The van der Waals surface area contributed by atoms with E-state index in [0.29, 0.717) is 150 Å². The molecule has 2 atom stereocenters. The van der Waals surface area contributed by atoms with Crippen molar-refractivity contribution in [2.75, 3.05) is 186 Å². The number of rotatable bonds is 60. The molecule has 3 rings (SSSR count). The van der Waals surface area contributed by atoms with E-state index in [1.54, 1.807) is 14.2 Å². The van der Waals surface area contributed by atoms with Gasteiger partial charge < -0.3 is 93.6 Å². The van der Waals surface area contributed by atoms with Crippen LogP contribution in [-0.4, -0.2) is 306 Å². The molecule has 0 radical (unpaired) electrons. The van der Waals surface area contributed by atoms with Gasteiger partial charge in [0.15, 0.2) is 5.78 Å². The van der Waals surface area contributed by atoms with Crippen molar-refractivity contribution in [3.63, 3.8) is 0 Å². The van der Waals surface area contributed by atoms with Crippen molar-refractivity contribution in [2.45, 2.75) is 102 Å². The third-order valence-electron chi connectivity index (χ3n) is 13.2. The first-order chi connectivity index (χ1) is 47.2. The third kappa shape index (κ3) is 47.5. The highest BCUT2D eigenvalue weighted by atomic mass is 16.7. The average Bonchev–Trinajstić information content (AvgIpc) is 1.80. The Hall–Kier alpha value is -7.46. The van der Waals surface area contributed by atoms with Crippen LogP contribution in [0.3, 0.4) is 0 Å². The number of amides is 9. The highest BCUT2D eigenvalue weighted by Crippen LogP contribution is 2.13. The number of hydrogen-bond acceptors (Lipinski definition) is 28. The lowest BCUT2D eigenvalue weighted by Gasteiger charge is -2.17. The van der Waals surface area contributed by atoms with Crippen molar-refractivity contribution in [3.8, 4) is 0 Å². The van der Waals surface area contributed by atoms with Crippen LogP contribution in [0.4, 0.5) is 0 Å². The average molecular weight is 1410 g/mol. The highest BCUT2D eigenvalue weighted by molar-refractivity contribution is 6.13. The van der Waals surface area contributed by atoms with Crippen LogP contribution in [0.2, 0.25) is 0 Å². The molecule has 98 heavy (non-hydrogen) atoms. The summed E-state index contributed by atoms with van der Waals surface area (Å²) in [6.45, 7) is 8.05. The van der Waals surface area contributed by atoms with Gasteiger partial charge >= 0.3 is 17.9 Å². The number of hydroxylamine groups is 2. The lowest BCUT2D eigenvalue weighted by Crippen LogP contribution is -2.41. The van der Waals surface area contributed by atoms with Gasteiger partial charge in [-0.15, -0.1) is 5.06 Å². The normalized spacial score (nSPS) is 13.9. The molecule has 36 heteroatoms. The second-order valence-corrected chi connectivity index (χ2v) is 20.9. The summed E-state index contributed by atoms with van der Waals surface area (Å²) in [5, 5.41) is 25.8. The van der Waals surface area contributed by atoms with E-state index in [1.807, 2.05) is 0 Å². The number of carbonyl (C=O) groups is 14. The molecule has 3 aliphatic rings. The van der Waals surface area contributed by atoms with Gasteiger partial charge in [-0.05, 0) is 25.7 Å². The third-order valence-corrected chi connectivity index (χ3v) is 13.2. The molecule has 9 amide bonds. The first kappa shape index (κ1) is 88.6. The van der Waals surface area contributed by atoms with E-state index in [-0.39, 0.29) is 140 Å². The zero-order valence-electron chi connectivity index (χ0n) is 56.1. The second-order valence-electron chi connectivity index (χ2n) is 20.9. The van der Waals surface area contributed by atoms with Crippen LogP contribution in [0.1, 0.15) is 89.9 Å². The van der Waals surface area contributed by atoms with E-state index >= 15 is 0 Å². The SMILES string of the molecule is COCCOCCCC(=O)C(CCC(=O)O)NC(=O)CCOCCOCCOCCOCCNC(=O)CCN1C(=O)C=CC1=O.COCCOCCCC(=O)C(N)CCC(=O)O.O=C(CCN1C(=O)C=CC1=O)NCCOCCOCCOCCOCCC(=O)ON1C(=O)CCC1=O. The Morgan fingerprint density at radius 1 is 0.418 bits per heavy atom.